The van der Waals surface area contributed by atoms with Gasteiger partial charge in [0.25, 0.3) is 0 Å². The van der Waals surface area contributed by atoms with Crippen LogP contribution in [0.3, 0.4) is 0 Å². The smallest absolute Gasteiger partial charge is 0.339 e. The average Bonchev–Trinajstić information content (AvgIpc) is 2.46. The zero-order valence-electron chi connectivity index (χ0n) is 11.6. The van der Waals surface area contributed by atoms with Crippen LogP contribution in [0.15, 0.2) is 45.3 Å². The molecular weight excluding hydrogens is 475 g/mol. The lowest BCUT2D eigenvalue weighted by molar-refractivity contribution is 0.0600. The van der Waals surface area contributed by atoms with E-state index in [0.29, 0.717) is 10.6 Å². The van der Waals surface area contributed by atoms with Crippen LogP contribution in [-0.2, 0) is 4.74 Å². The van der Waals surface area contributed by atoms with Crippen molar-refractivity contribution in [3.8, 4) is 0 Å². The monoisotopic (exact) mass is 482 g/mol. The molecule has 0 aliphatic carbocycles. The summed E-state index contributed by atoms with van der Waals surface area (Å²) in [5, 5.41) is 9.18. The van der Waals surface area contributed by atoms with Crippen molar-refractivity contribution in [2.45, 2.75) is 0 Å². The SMILES string of the molecule is COC(=O)c1ccc(Br)cc1Cl.O=C(O)c1ccc(Br)cc1Cl. The number of methoxy groups -OCH3 is 1. The first-order valence-corrected chi connectivity index (χ1v) is 8.32. The molecule has 2 aromatic rings. The van der Waals surface area contributed by atoms with Crippen LogP contribution >= 0.6 is 55.1 Å². The van der Waals surface area contributed by atoms with E-state index in [9.17, 15) is 9.59 Å². The second-order valence-electron chi connectivity index (χ2n) is 4.05. The number of rotatable bonds is 2. The van der Waals surface area contributed by atoms with Gasteiger partial charge in [0.2, 0.25) is 0 Å². The lowest BCUT2D eigenvalue weighted by atomic mass is 10.2. The van der Waals surface area contributed by atoms with Crippen LogP contribution in [-0.4, -0.2) is 24.2 Å². The Labute approximate surface area is 159 Å². The Bertz CT molecular complexity index is 735. The van der Waals surface area contributed by atoms with Crippen molar-refractivity contribution in [1.29, 1.82) is 0 Å². The molecule has 0 saturated carbocycles. The lowest BCUT2D eigenvalue weighted by Gasteiger charge is -2.01. The number of hydrogen-bond donors (Lipinski definition) is 1. The summed E-state index contributed by atoms with van der Waals surface area (Å²) in [7, 11) is 1.32. The topological polar surface area (TPSA) is 63.6 Å². The molecule has 2 rings (SSSR count). The largest absolute Gasteiger partial charge is 0.478 e. The zero-order chi connectivity index (χ0) is 17.6. The van der Waals surface area contributed by atoms with E-state index in [-0.39, 0.29) is 10.6 Å². The van der Waals surface area contributed by atoms with Crippen LogP contribution in [0.5, 0.6) is 0 Å². The van der Waals surface area contributed by atoms with E-state index in [1.54, 1.807) is 30.3 Å². The van der Waals surface area contributed by atoms with Crippen molar-refractivity contribution < 1.29 is 19.4 Å². The highest BCUT2D eigenvalue weighted by Gasteiger charge is 2.09. The Morgan fingerprint density at radius 1 is 0.957 bits per heavy atom. The fraction of sp³-hybridized carbons (Fsp3) is 0.0667. The molecule has 0 unspecified atom stereocenters. The van der Waals surface area contributed by atoms with Crippen LogP contribution in [0.2, 0.25) is 10.0 Å². The highest BCUT2D eigenvalue weighted by molar-refractivity contribution is 9.10. The number of aromatic carboxylic acids is 1. The number of carboxylic acids is 1. The van der Waals surface area contributed by atoms with E-state index in [1.165, 1.54) is 13.2 Å². The normalized spacial score (nSPS) is 9.61. The van der Waals surface area contributed by atoms with E-state index < -0.39 is 11.9 Å². The fourth-order valence-corrected chi connectivity index (χ4v) is 2.93. The highest BCUT2D eigenvalue weighted by Crippen LogP contribution is 2.22. The lowest BCUT2D eigenvalue weighted by Crippen LogP contribution is -2.01. The highest BCUT2D eigenvalue weighted by atomic mass is 79.9. The minimum atomic E-state index is -1.01. The summed E-state index contributed by atoms with van der Waals surface area (Å²) < 4.78 is 6.12. The molecule has 0 aliphatic rings. The first kappa shape index (κ1) is 20.0. The molecule has 0 spiro atoms. The molecule has 0 atom stereocenters. The number of carbonyl (C=O) groups excluding carboxylic acids is 1. The molecule has 0 amide bonds. The summed E-state index contributed by atoms with van der Waals surface area (Å²) in [5.74, 6) is -1.44. The standard InChI is InChI=1S/C8H6BrClO2.C7H4BrClO2/c1-12-8(11)6-3-2-5(9)4-7(6)10;8-4-1-2-5(7(10)11)6(9)3-4/h2-4H,1H3;1-3H,(H,10,11). The molecule has 4 nitrogen and oxygen atoms in total. The van der Waals surface area contributed by atoms with Gasteiger partial charge in [-0.2, -0.15) is 0 Å². The number of benzene rings is 2. The van der Waals surface area contributed by atoms with Gasteiger partial charge in [0.1, 0.15) is 0 Å². The van der Waals surface area contributed by atoms with E-state index >= 15 is 0 Å². The maximum absolute atomic E-state index is 11.0. The van der Waals surface area contributed by atoms with E-state index in [0.717, 1.165) is 8.95 Å². The van der Waals surface area contributed by atoms with Gasteiger partial charge in [0, 0.05) is 8.95 Å². The Balaban J connectivity index is 0.000000231. The number of ether oxygens (including phenoxy) is 1. The Hall–Kier alpha value is -1.08. The molecular formula is C15H10Br2Cl2O4. The average molecular weight is 485 g/mol. The van der Waals surface area contributed by atoms with Crippen molar-refractivity contribution in [2.75, 3.05) is 7.11 Å². The molecule has 0 aliphatic heterocycles. The van der Waals surface area contributed by atoms with Crippen LogP contribution in [0.1, 0.15) is 20.7 Å². The molecule has 0 aromatic heterocycles. The van der Waals surface area contributed by atoms with Gasteiger partial charge in [0.05, 0.1) is 28.3 Å². The number of carbonyl (C=O) groups is 2. The Kier molecular flexibility index (Phi) is 8.05. The van der Waals surface area contributed by atoms with Crippen molar-refractivity contribution in [1.82, 2.24) is 0 Å². The third-order valence-electron chi connectivity index (χ3n) is 2.50. The van der Waals surface area contributed by atoms with Crippen LogP contribution in [0.25, 0.3) is 0 Å². The quantitative estimate of drug-likeness (QED) is 0.556. The fourth-order valence-electron chi connectivity index (χ4n) is 1.43. The van der Waals surface area contributed by atoms with Crippen LogP contribution in [0.4, 0.5) is 0 Å². The molecule has 0 bridgehead atoms. The molecule has 8 heteroatoms. The van der Waals surface area contributed by atoms with Crippen molar-refractivity contribution >= 4 is 67.0 Å². The Morgan fingerprint density at radius 2 is 1.39 bits per heavy atom. The second-order valence-corrected chi connectivity index (χ2v) is 6.69. The van der Waals surface area contributed by atoms with Gasteiger partial charge < -0.3 is 9.84 Å². The van der Waals surface area contributed by atoms with E-state index in [4.69, 9.17) is 28.3 Å². The van der Waals surface area contributed by atoms with Gasteiger partial charge in [-0.15, -0.1) is 0 Å². The van der Waals surface area contributed by atoms with Gasteiger partial charge in [-0.3, -0.25) is 0 Å². The summed E-state index contributed by atoms with van der Waals surface area (Å²) in [6.45, 7) is 0. The molecule has 122 valence electrons. The first-order valence-electron chi connectivity index (χ1n) is 5.98. The van der Waals surface area contributed by atoms with Crippen molar-refractivity contribution in [3.05, 3.63) is 66.5 Å². The minimum Gasteiger partial charge on any atom is -0.478 e. The molecule has 23 heavy (non-hydrogen) atoms. The minimum absolute atomic E-state index is 0.120. The van der Waals surface area contributed by atoms with Crippen LogP contribution < -0.4 is 0 Å². The molecule has 0 heterocycles. The Morgan fingerprint density at radius 3 is 1.74 bits per heavy atom. The van der Waals surface area contributed by atoms with Gasteiger partial charge in [-0.25, -0.2) is 9.59 Å². The molecule has 1 N–H and O–H groups in total. The number of esters is 1. The van der Waals surface area contributed by atoms with Gasteiger partial charge in [-0.1, -0.05) is 55.1 Å². The van der Waals surface area contributed by atoms with E-state index in [1.807, 2.05) is 0 Å². The number of halogens is 4. The van der Waals surface area contributed by atoms with Crippen molar-refractivity contribution in [3.63, 3.8) is 0 Å². The third-order valence-corrected chi connectivity index (χ3v) is 4.11. The second kappa shape index (κ2) is 9.27. The number of hydrogen-bond acceptors (Lipinski definition) is 3. The number of carboxylic acid groups (broad SMARTS) is 1. The molecule has 0 saturated heterocycles. The molecule has 2 aromatic carbocycles. The van der Waals surface area contributed by atoms with E-state index in [2.05, 4.69) is 36.6 Å². The summed E-state index contributed by atoms with van der Waals surface area (Å²) >= 11 is 17.8. The van der Waals surface area contributed by atoms with Crippen molar-refractivity contribution in [2.24, 2.45) is 0 Å². The molecule has 0 fully saturated rings. The summed E-state index contributed by atoms with van der Waals surface area (Å²) in [6, 6.07) is 9.62. The van der Waals surface area contributed by atoms with Gasteiger partial charge in [-0.05, 0) is 36.4 Å². The predicted octanol–water partition coefficient (Wildman–Crippen LogP) is 5.69. The predicted molar refractivity (Wildman–Crippen MR) is 96.6 cm³/mol. The van der Waals surface area contributed by atoms with Crippen LogP contribution in [0, 0.1) is 0 Å². The van der Waals surface area contributed by atoms with Gasteiger partial charge in [0.15, 0.2) is 0 Å². The van der Waals surface area contributed by atoms with Gasteiger partial charge >= 0.3 is 11.9 Å². The maximum atomic E-state index is 11.0. The first-order chi connectivity index (χ1) is 10.8. The third kappa shape index (κ3) is 6.14. The zero-order valence-corrected chi connectivity index (χ0v) is 16.3. The summed E-state index contributed by atoms with van der Waals surface area (Å²) in [6.07, 6.45) is 0. The summed E-state index contributed by atoms with van der Waals surface area (Å²) in [5.41, 5.74) is 0.497. The maximum Gasteiger partial charge on any atom is 0.339 e. The summed E-state index contributed by atoms with van der Waals surface area (Å²) in [4.78, 5) is 21.5. The molecule has 0 radical (unpaired) electrons.